The third-order valence-corrected chi connectivity index (χ3v) is 2.27. The zero-order valence-electron chi connectivity index (χ0n) is 9.83. The van der Waals surface area contributed by atoms with Crippen molar-refractivity contribution in [2.24, 2.45) is 5.73 Å². The first kappa shape index (κ1) is 14.0. The zero-order chi connectivity index (χ0) is 13.4. The predicted molar refractivity (Wildman–Crippen MR) is 64.4 cm³/mol. The summed E-state index contributed by atoms with van der Waals surface area (Å²) in [6.07, 6.45) is -0.674. The number of carbonyl (C=O) groups excluding carboxylic acids is 2. The number of aliphatic hydroxyl groups excluding tert-OH is 1. The maximum atomic E-state index is 11.4. The van der Waals surface area contributed by atoms with E-state index in [0.29, 0.717) is 0 Å². The Labute approximate surface area is 105 Å². The predicted octanol–water partition coefficient (Wildman–Crippen LogP) is 0.149. The summed E-state index contributed by atoms with van der Waals surface area (Å²) < 4.78 is 4.92. The van der Waals surface area contributed by atoms with Gasteiger partial charge < -0.3 is 20.9 Å². The summed E-state index contributed by atoms with van der Waals surface area (Å²) >= 11 is 0. The van der Waals surface area contributed by atoms with Gasteiger partial charge in [0, 0.05) is 6.61 Å². The topological polar surface area (TPSA) is 102 Å². The standard InChI is InChI=1S/C12H16N2O4/c13-11(16)10(6-7-15)14-12(17)18-8-9-4-2-1-3-5-9/h1-5,10,15H,6-8H2,(H2,13,16)(H,14,17). The quantitative estimate of drug-likeness (QED) is 0.670. The fourth-order valence-corrected chi connectivity index (χ4v) is 1.32. The number of carbonyl (C=O) groups is 2. The van der Waals surface area contributed by atoms with Gasteiger partial charge in [0.05, 0.1) is 0 Å². The lowest BCUT2D eigenvalue weighted by Gasteiger charge is -2.14. The Hall–Kier alpha value is -2.08. The van der Waals surface area contributed by atoms with Crippen molar-refractivity contribution in [1.82, 2.24) is 5.32 Å². The molecule has 0 radical (unpaired) electrons. The van der Waals surface area contributed by atoms with Crippen molar-refractivity contribution in [2.75, 3.05) is 6.61 Å². The number of nitrogens with two attached hydrogens (primary N) is 1. The Morgan fingerprint density at radius 1 is 1.33 bits per heavy atom. The highest BCUT2D eigenvalue weighted by Crippen LogP contribution is 2.01. The molecule has 1 rings (SSSR count). The molecule has 1 aromatic carbocycles. The van der Waals surface area contributed by atoms with E-state index in [-0.39, 0.29) is 19.6 Å². The third-order valence-electron chi connectivity index (χ3n) is 2.27. The second-order valence-corrected chi connectivity index (χ2v) is 3.67. The fourth-order valence-electron chi connectivity index (χ4n) is 1.32. The van der Waals surface area contributed by atoms with Crippen LogP contribution in [-0.4, -0.2) is 29.8 Å². The van der Waals surface area contributed by atoms with Crippen molar-refractivity contribution in [3.63, 3.8) is 0 Å². The molecule has 4 N–H and O–H groups in total. The Bertz CT molecular complexity index is 394. The molecule has 0 saturated carbocycles. The first-order valence-corrected chi connectivity index (χ1v) is 5.51. The van der Waals surface area contributed by atoms with Gasteiger partial charge in [0.25, 0.3) is 0 Å². The van der Waals surface area contributed by atoms with E-state index in [4.69, 9.17) is 15.6 Å². The van der Waals surface area contributed by atoms with Gasteiger partial charge in [-0.2, -0.15) is 0 Å². The van der Waals surface area contributed by atoms with Crippen LogP contribution in [0.15, 0.2) is 30.3 Å². The van der Waals surface area contributed by atoms with Gasteiger partial charge in [-0.25, -0.2) is 4.79 Å². The minimum Gasteiger partial charge on any atom is -0.445 e. The Morgan fingerprint density at radius 3 is 2.56 bits per heavy atom. The SMILES string of the molecule is NC(=O)C(CCO)NC(=O)OCc1ccccc1. The average molecular weight is 252 g/mol. The third kappa shape index (κ3) is 4.84. The van der Waals surface area contributed by atoms with Crippen molar-refractivity contribution in [3.05, 3.63) is 35.9 Å². The number of aliphatic hydroxyl groups is 1. The highest BCUT2D eigenvalue weighted by molar-refractivity contribution is 5.84. The Balaban J connectivity index is 2.39. The van der Waals surface area contributed by atoms with Crippen LogP contribution in [0.5, 0.6) is 0 Å². The van der Waals surface area contributed by atoms with Gasteiger partial charge in [-0.05, 0) is 12.0 Å². The molecule has 6 heteroatoms. The minimum absolute atomic E-state index is 0.0652. The molecule has 1 atom stereocenters. The molecule has 6 nitrogen and oxygen atoms in total. The molecular weight excluding hydrogens is 236 g/mol. The number of hydrogen-bond acceptors (Lipinski definition) is 4. The molecule has 0 aliphatic heterocycles. The molecule has 0 aliphatic carbocycles. The van der Waals surface area contributed by atoms with Gasteiger partial charge in [0.15, 0.2) is 0 Å². The molecule has 1 aromatic rings. The van der Waals surface area contributed by atoms with Crippen LogP contribution in [0.2, 0.25) is 0 Å². The lowest BCUT2D eigenvalue weighted by atomic mass is 10.2. The second-order valence-electron chi connectivity index (χ2n) is 3.67. The van der Waals surface area contributed by atoms with E-state index in [1.165, 1.54) is 0 Å². The molecular formula is C12H16N2O4. The molecule has 0 aliphatic rings. The van der Waals surface area contributed by atoms with Gasteiger partial charge in [0.1, 0.15) is 12.6 Å². The smallest absolute Gasteiger partial charge is 0.408 e. The summed E-state index contributed by atoms with van der Waals surface area (Å²) in [6, 6.07) is 8.22. The highest BCUT2D eigenvalue weighted by Gasteiger charge is 2.17. The number of amides is 2. The van der Waals surface area contributed by atoms with Crippen LogP contribution in [0.3, 0.4) is 0 Å². The number of alkyl carbamates (subject to hydrolysis) is 1. The van der Waals surface area contributed by atoms with Crippen LogP contribution in [0, 0.1) is 0 Å². The van der Waals surface area contributed by atoms with Crippen molar-refractivity contribution < 1.29 is 19.4 Å². The number of hydrogen-bond donors (Lipinski definition) is 3. The van der Waals surface area contributed by atoms with Crippen molar-refractivity contribution >= 4 is 12.0 Å². The Kier molecular flexibility index (Phi) is 5.66. The molecule has 0 fully saturated rings. The molecule has 0 heterocycles. The number of nitrogens with one attached hydrogen (secondary N) is 1. The number of rotatable bonds is 6. The molecule has 0 saturated heterocycles. The maximum absolute atomic E-state index is 11.4. The van der Waals surface area contributed by atoms with Crippen molar-refractivity contribution in [2.45, 2.75) is 19.1 Å². The van der Waals surface area contributed by atoms with Crippen LogP contribution >= 0.6 is 0 Å². The van der Waals surface area contributed by atoms with Gasteiger partial charge in [-0.3, -0.25) is 4.79 Å². The van der Waals surface area contributed by atoms with E-state index in [0.717, 1.165) is 5.56 Å². The van der Waals surface area contributed by atoms with E-state index in [9.17, 15) is 9.59 Å². The monoisotopic (exact) mass is 252 g/mol. The van der Waals surface area contributed by atoms with E-state index in [1.807, 2.05) is 30.3 Å². The van der Waals surface area contributed by atoms with Crippen LogP contribution < -0.4 is 11.1 Å². The summed E-state index contributed by atoms with van der Waals surface area (Å²) in [4.78, 5) is 22.3. The summed E-state index contributed by atoms with van der Waals surface area (Å²) in [5, 5.41) is 11.0. The zero-order valence-corrected chi connectivity index (χ0v) is 9.83. The maximum Gasteiger partial charge on any atom is 0.408 e. The summed E-state index contributed by atoms with van der Waals surface area (Å²) in [6.45, 7) is -0.135. The van der Waals surface area contributed by atoms with E-state index in [2.05, 4.69) is 5.32 Å². The fraction of sp³-hybridized carbons (Fsp3) is 0.333. The second kappa shape index (κ2) is 7.29. The normalized spacial score (nSPS) is 11.6. The average Bonchev–Trinajstić information content (AvgIpc) is 2.37. The van der Waals surface area contributed by atoms with Gasteiger partial charge >= 0.3 is 6.09 Å². The molecule has 2 amide bonds. The number of ether oxygens (including phenoxy) is 1. The summed E-state index contributed by atoms with van der Waals surface area (Å²) in [5.41, 5.74) is 5.90. The molecule has 0 spiro atoms. The summed E-state index contributed by atoms with van der Waals surface area (Å²) in [5.74, 6) is -0.708. The van der Waals surface area contributed by atoms with E-state index < -0.39 is 18.0 Å². The van der Waals surface area contributed by atoms with Crippen LogP contribution in [-0.2, 0) is 16.1 Å². The molecule has 0 aromatic heterocycles. The highest BCUT2D eigenvalue weighted by atomic mass is 16.5. The lowest BCUT2D eigenvalue weighted by molar-refractivity contribution is -0.120. The van der Waals surface area contributed by atoms with Crippen LogP contribution in [0.25, 0.3) is 0 Å². The minimum atomic E-state index is -0.918. The number of primary amides is 1. The van der Waals surface area contributed by atoms with Gasteiger partial charge in [0.2, 0.25) is 5.91 Å². The van der Waals surface area contributed by atoms with Crippen molar-refractivity contribution in [1.29, 1.82) is 0 Å². The first-order valence-electron chi connectivity index (χ1n) is 5.51. The molecule has 98 valence electrons. The van der Waals surface area contributed by atoms with E-state index >= 15 is 0 Å². The Morgan fingerprint density at radius 2 is 2.00 bits per heavy atom. The largest absolute Gasteiger partial charge is 0.445 e. The van der Waals surface area contributed by atoms with Crippen LogP contribution in [0.4, 0.5) is 4.79 Å². The first-order chi connectivity index (χ1) is 8.63. The molecule has 18 heavy (non-hydrogen) atoms. The van der Waals surface area contributed by atoms with Crippen LogP contribution in [0.1, 0.15) is 12.0 Å². The van der Waals surface area contributed by atoms with Gasteiger partial charge in [-0.1, -0.05) is 30.3 Å². The summed E-state index contributed by atoms with van der Waals surface area (Å²) in [7, 11) is 0. The number of benzene rings is 1. The van der Waals surface area contributed by atoms with Crippen molar-refractivity contribution in [3.8, 4) is 0 Å². The van der Waals surface area contributed by atoms with E-state index in [1.54, 1.807) is 0 Å². The molecule has 0 bridgehead atoms. The molecule has 1 unspecified atom stereocenters. The van der Waals surface area contributed by atoms with Gasteiger partial charge in [-0.15, -0.1) is 0 Å². The lowest BCUT2D eigenvalue weighted by Crippen LogP contribution is -2.45.